The van der Waals surface area contributed by atoms with Gasteiger partial charge in [-0.2, -0.15) is 0 Å². The fraction of sp³-hybridized carbons (Fsp3) is 0.739. The maximum absolute atomic E-state index is 13.2. The van der Waals surface area contributed by atoms with Gasteiger partial charge in [-0.05, 0) is 37.3 Å². The number of nitrogens with zero attached hydrogens (tertiary/aromatic N) is 2. The Balaban J connectivity index is 1.99. The van der Waals surface area contributed by atoms with Gasteiger partial charge < -0.3 is 19.0 Å². The highest BCUT2D eigenvalue weighted by molar-refractivity contribution is 5.84. The Hall–Kier alpha value is -1.82. The van der Waals surface area contributed by atoms with Crippen LogP contribution in [0.3, 0.4) is 0 Å². The van der Waals surface area contributed by atoms with Crippen LogP contribution in [0.4, 0.5) is 0 Å². The molecule has 29 heavy (non-hydrogen) atoms. The molecule has 2 rings (SSSR count). The zero-order valence-corrected chi connectivity index (χ0v) is 18.4. The van der Waals surface area contributed by atoms with E-state index in [0.29, 0.717) is 32.0 Å². The molecule has 0 aliphatic carbocycles. The molecule has 1 atom stereocenters. The van der Waals surface area contributed by atoms with E-state index in [4.69, 9.17) is 9.15 Å². The summed E-state index contributed by atoms with van der Waals surface area (Å²) in [6.45, 7) is 8.75. The van der Waals surface area contributed by atoms with Gasteiger partial charge in [0.15, 0.2) is 0 Å². The molecule has 1 fully saturated rings. The predicted octanol–water partition coefficient (Wildman–Crippen LogP) is 4.24. The van der Waals surface area contributed by atoms with Crippen molar-refractivity contribution in [1.29, 1.82) is 0 Å². The highest BCUT2D eigenvalue weighted by atomic mass is 16.5. The molecule has 0 radical (unpaired) electrons. The van der Waals surface area contributed by atoms with Crippen LogP contribution < -0.4 is 0 Å². The van der Waals surface area contributed by atoms with Crippen LogP contribution in [0.25, 0.3) is 0 Å². The average Bonchev–Trinajstić information content (AvgIpc) is 3.37. The number of carbonyl (C=O) groups excluding carboxylic acids is 2. The van der Waals surface area contributed by atoms with Crippen LogP contribution in [-0.2, 0) is 20.9 Å². The first-order valence-electron chi connectivity index (χ1n) is 11.2. The lowest BCUT2D eigenvalue weighted by Gasteiger charge is -2.29. The molecule has 0 aromatic carbocycles. The molecule has 1 aromatic rings. The summed E-state index contributed by atoms with van der Waals surface area (Å²) in [6, 6.07) is 3.70. The number of rotatable bonds is 13. The smallest absolute Gasteiger partial charge is 0.242 e. The molecule has 0 spiro atoms. The molecule has 2 amide bonds. The van der Waals surface area contributed by atoms with Gasteiger partial charge in [-0.25, -0.2) is 0 Å². The zero-order chi connectivity index (χ0) is 21.1. The van der Waals surface area contributed by atoms with E-state index in [0.717, 1.165) is 50.9 Å². The van der Waals surface area contributed by atoms with Gasteiger partial charge in [-0.3, -0.25) is 9.59 Å². The van der Waals surface area contributed by atoms with Crippen LogP contribution in [0, 0.1) is 5.92 Å². The number of unbranched alkanes of at least 4 members (excludes halogenated alkanes) is 3. The van der Waals surface area contributed by atoms with Gasteiger partial charge in [-0.15, -0.1) is 0 Å². The highest BCUT2D eigenvalue weighted by Gasteiger charge is 2.26. The van der Waals surface area contributed by atoms with Crippen molar-refractivity contribution in [1.82, 2.24) is 9.80 Å². The molecule has 0 N–H and O–H groups in total. The molecule has 6 heteroatoms. The summed E-state index contributed by atoms with van der Waals surface area (Å²) in [5, 5.41) is 0. The van der Waals surface area contributed by atoms with Crippen LogP contribution in [0.2, 0.25) is 0 Å². The number of carbonyl (C=O) groups is 2. The third-order valence-corrected chi connectivity index (χ3v) is 5.24. The van der Waals surface area contributed by atoms with E-state index in [1.165, 1.54) is 0 Å². The molecule has 0 saturated carbocycles. The average molecular weight is 407 g/mol. The fourth-order valence-electron chi connectivity index (χ4n) is 3.70. The summed E-state index contributed by atoms with van der Waals surface area (Å²) >= 11 is 0. The Morgan fingerprint density at radius 1 is 1.17 bits per heavy atom. The van der Waals surface area contributed by atoms with Crippen molar-refractivity contribution in [2.24, 2.45) is 5.92 Å². The summed E-state index contributed by atoms with van der Waals surface area (Å²) in [5.41, 5.74) is 0. The van der Waals surface area contributed by atoms with E-state index in [1.807, 2.05) is 12.1 Å². The van der Waals surface area contributed by atoms with Crippen LogP contribution in [0.1, 0.15) is 71.5 Å². The Morgan fingerprint density at radius 3 is 2.62 bits per heavy atom. The van der Waals surface area contributed by atoms with Gasteiger partial charge in [0.25, 0.3) is 0 Å². The second-order valence-electron chi connectivity index (χ2n) is 8.47. The van der Waals surface area contributed by atoms with Gasteiger partial charge in [-0.1, -0.05) is 40.0 Å². The van der Waals surface area contributed by atoms with Crippen molar-refractivity contribution in [3.63, 3.8) is 0 Å². The molecule has 1 aliphatic heterocycles. The second-order valence-corrected chi connectivity index (χ2v) is 8.47. The van der Waals surface area contributed by atoms with Gasteiger partial charge in [0.2, 0.25) is 11.8 Å². The minimum Gasteiger partial charge on any atom is -0.467 e. The Morgan fingerprint density at radius 2 is 2.00 bits per heavy atom. The quantitative estimate of drug-likeness (QED) is 0.460. The lowest BCUT2D eigenvalue weighted by molar-refractivity contribution is -0.142. The lowest BCUT2D eigenvalue weighted by Crippen LogP contribution is -2.46. The molecular weight excluding hydrogens is 368 g/mol. The first kappa shape index (κ1) is 23.5. The molecule has 6 nitrogen and oxygen atoms in total. The van der Waals surface area contributed by atoms with E-state index in [2.05, 4.69) is 20.8 Å². The van der Waals surface area contributed by atoms with Crippen LogP contribution in [0.15, 0.2) is 22.8 Å². The maximum atomic E-state index is 13.2. The van der Waals surface area contributed by atoms with E-state index < -0.39 is 0 Å². The van der Waals surface area contributed by atoms with Crippen LogP contribution in [0.5, 0.6) is 0 Å². The number of ether oxygens (including phenoxy) is 1. The van der Waals surface area contributed by atoms with Crippen molar-refractivity contribution in [2.45, 2.75) is 78.4 Å². The lowest BCUT2D eigenvalue weighted by atomic mass is 10.1. The third-order valence-electron chi connectivity index (χ3n) is 5.24. The van der Waals surface area contributed by atoms with Crippen molar-refractivity contribution < 1.29 is 18.7 Å². The topological polar surface area (TPSA) is 63.0 Å². The summed E-state index contributed by atoms with van der Waals surface area (Å²) in [7, 11) is 0. The van der Waals surface area contributed by atoms with Crippen molar-refractivity contribution >= 4 is 11.8 Å². The molecule has 0 unspecified atom stereocenters. The highest BCUT2D eigenvalue weighted by Crippen LogP contribution is 2.16. The Kier molecular flexibility index (Phi) is 10.3. The molecule has 164 valence electrons. The molecular formula is C23H38N2O4. The number of amides is 2. The minimum atomic E-state index is -0.0422. The summed E-state index contributed by atoms with van der Waals surface area (Å²) in [5.74, 6) is 1.11. The molecule has 1 aliphatic rings. The van der Waals surface area contributed by atoms with Gasteiger partial charge in [0.1, 0.15) is 5.76 Å². The Bertz CT molecular complexity index is 594. The SMILES string of the molecule is CCCCCCC(=O)N(CC(=O)N(Cc1ccco1)C[C@@H]1CCCO1)CC(C)C. The molecule has 1 aromatic heterocycles. The largest absolute Gasteiger partial charge is 0.467 e. The summed E-state index contributed by atoms with van der Waals surface area (Å²) in [4.78, 5) is 29.5. The van der Waals surface area contributed by atoms with Crippen molar-refractivity contribution in [2.75, 3.05) is 26.2 Å². The monoisotopic (exact) mass is 406 g/mol. The summed E-state index contributed by atoms with van der Waals surface area (Å²) in [6.07, 6.45) is 8.45. The second kappa shape index (κ2) is 12.7. The predicted molar refractivity (Wildman–Crippen MR) is 113 cm³/mol. The third kappa shape index (κ3) is 8.60. The molecule has 1 saturated heterocycles. The van der Waals surface area contributed by atoms with Crippen LogP contribution in [-0.4, -0.2) is 54.0 Å². The minimum absolute atomic E-state index is 0.0422. The number of furan rings is 1. The van der Waals surface area contributed by atoms with E-state index in [-0.39, 0.29) is 24.5 Å². The number of hydrogen-bond donors (Lipinski definition) is 0. The molecule has 0 bridgehead atoms. The normalized spacial score (nSPS) is 16.3. The fourth-order valence-corrected chi connectivity index (χ4v) is 3.70. The first-order chi connectivity index (χ1) is 14.0. The van der Waals surface area contributed by atoms with Gasteiger partial charge >= 0.3 is 0 Å². The van der Waals surface area contributed by atoms with E-state index in [1.54, 1.807) is 16.1 Å². The first-order valence-corrected chi connectivity index (χ1v) is 11.2. The summed E-state index contributed by atoms with van der Waals surface area (Å²) < 4.78 is 11.2. The van der Waals surface area contributed by atoms with E-state index in [9.17, 15) is 9.59 Å². The number of hydrogen-bond acceptors (Lipinski definition) is 4. The standard InChI is InChI=1S/C23H38N2O4/c1-4-5-6-7-12-22(26)24(15-19(2)3)18-23(27)25(16-20-10-8-13-28-20)17-21-11-9-14-29-21/h8,10,13,19,21H,4-7,9,11-12,14-18H2,1-3H3/t21-/m0/s1. The molecule has 2 heterocycles. The van der Waals surface area contributed by atoms with E-state index >= 15 is 0 Å². The maximum Gasteiger partial charge on any atom is 0.242 e. The zero-order valence-electron chi connectivity index (χ0n) is 18.4. The van der Waals surface area contributed by atoms with Crippen LogP contribution >= 0.6 is 0 Å². The van der Waals surface area contributed by atoms with Crippen molar-refractivity contribution in [3.05, 3.63) is 24.2 Å². The van der Waals surface area contributed by atoms with Gasteiger partial charge in [0.05, 0.1) is 25.5 Å². The van der Waals surface area contributed by atoms with Crippen molar-refractivity contribution in [3.8, 4) is 0 Å². The van der Waals surface area contributed by atoms with Gasteiger partial charge in [0, 0.05) is 26.1 Å². The Labute approximate surface area is 175 Å².